The highest BCUT2D eigenvalue weighted by atomic mass is 19.1. The van der Waals surface area contributed by atoms with Crippen LogP contribution in [0.15, 0.2) is 24.3 Å². The fourth-order valence-electron chi connectivity index (χ4n) is 2.32. The number of carbonyl (C=O) groups is 1. The van der Waals surface area contributed by atoms with E-state index in [4.69, 9.17) is 5.73 Å². The molecule has 1 aromatic carbocycles. The van der Waals surface area contributed by atoms with Gasteiger partial charge >= 0.3 is 0 Å². The standard InChI is InChI=1S/C16H25FN2O/c1-5-19(14-8-6-12(17)7-9-14)15(20)10-13(18)11-16(2,3)4/h6-9,13H,5,10-11,18H2,1-4H3. The third kappa shape index (κ3) is 5.29. The Balaban J connectivity index is 2.70. The van der Waals surface area contributed by atoms with Crippen LogP contribution in [-0.4, -0.2) is 18.5 Å². The number of nitrogens with two attached hydrogens (primary N) is 1. The van der Waals surface area contributed by atoms with Crippen molar-refractivity contribution >= 4 is 11.6 Å². The Kier molecular flexibility index (Phi) is 5.69. The summed E-state index contributed by atoms with van der Waals surface area (Å²) in [7, 11) is 0. The van der Waals surface area contributed by atoms with Gasteiger partial charge in [-0.25, -0.2) is 4.39 Å². The summed E-state index contributed by atoms with van der Waals surface area (Å²) in [4.78, 5) is 13.9. The molecule has 1 aromatic rings. The van der Waals surface area contributed by atoms with Crippen LogP contribution in [0.4, 0.5) is 10.1 Å². The molecule has 0 saturated heterocycles. The van der Waals surface area contributed by atoms with E-state index in [0.717, 1.165) is 6.42 Å². The molecule has 1 unspecified atom stereocenters. The second-order valence-electron chi connectivity index (χ2n) is 6.34. The molecule has 0 aliphatic heterocycles. The monoisotopic (exact) mass is 280 g/mol. The Morgan fingerprint density at radius 1 is 1.30 bits per heavy atom. The lowest BCUT2D eigenvalue weighted by molar-refractivity contribution is -0.119. The molecular weight excluding hydrogens is 255 g/mol. The minimum atomic E-state index is -0.304. The summed E-state index contributed by atoms with van der Waals surface area (Å²) in [5.41, 5.74) is 6.86. The maximum atomic E-state index is 12.9. The number of anilines is 1. The number of hydrogen-bond acceptors (Lipinski definition) is 2. The summed E-state index contributed by atoms with van der Waals surface area (Å²) in [6.07, 6.45) is 1.10. The summed E-state index contributed by atoms with van der Waals surface area (Å²) in [5, 5.41) is 0. The molecule has 0 spiro atoms. The third-order valence-corrected chi connectivity index (χ3v) is 3.07. The second-order valence-corrected chi connectivity index (χ2v) is 6.34. The average molecular weight is 280 g/mol. The first-order valence-corrected chi connectivity index (χ1v) is 7.04. The van der Waals surface area contributed by atoms with Crippen molar-refractivity contribution in [3.05, 3.63) is 30.1 Å². The Bertz CT molecular complexity index is 437. The predicted octanol–water partition coefficient (Wildman–Crippen LogP) is 3.33. The van der Waals surface area contributed by atoms with Crippen molar-refractivity contribution in [3.8, 4) is 0 Å². The maximum absolute atomic E-state index is 12.9. The van der Waals surface area contributed by atoms with Crippen LogP contribution in [-0.2, 0) is 4.79 Å². The molecule has 0 heterocycles. The molecule has 112 valence electrons. The Morgan fingerprint density at radius 2 is 1.85 bits per heavy atom. The van der Waals surface area contributed by atoms with Gasteiger partial charge in [0.1, 0.15) is 5.82 Å². The first-order valence-electron chi connectivity index (χ1n) is 7.04. The third-order valence-electron chi connectivity index (χ3n) is 3.07. The van der Waals surface area contributed by atoms with Crippen LogP contribution in [0.2, 0.25) is 0 Å². The van der Waals surface area contributed by atoms with Gasteiger partial charge in [0, 0.05) is 24.7 Å². The Morgan fingerprint density at radius 3 is 2.30 bits per heavy atom. The van der Waals surface area contributed by atoms with Crippen LogP contribution in [0.5, 0.6) is 0 Å². The van der Waals surface area contributed by atoms with E-state index in [2.05, 4.69) is 20.8 Å². The molecule has 0 bridgehead atoms. The number of nitrogens with zero attached hydrogens (tertiary/aromatic N) is 1. The normalized spacial score (nSPS) is 13.1. The van der Waals surface area contributed by atoms with Crippen molar-refractivity contribution in [1.82, 2.24) is 0 Å². The molecule has 1 rings (SSSR count). The summed E-state index contributed by atoms with van der Waals surface area (Å²) in [5.74, 6) is -0.322. The van der Waals surface area contributed by atoms with Gasteiger partial charge in [0.2, 0.25) is 5.91 Å². The Hall–Kier alpha value is -1.42. The fraction of sp³-hybridized carbons (Fsp3) is 0.562. The summed E-state index contributed by atoms with van der Waals surface area (Å²) < 4.78 is 12.9. The summed E-state index contributed by atoms with van der Waals surface area (Å²) in [6, 6.07) is 5.80. The molecule has 20 heavy (non-hydrogen) atoms. The van der Waals surface area contributed by atoms with E-state index in [0.29, 0.717) is 18.7 Å². The highest BCUT2D eigenvalue weighted by molar-refractivity contribution is 5.93. The minimum Gasteiger partial charge on any atom is -0.327 e. The van der Waals surface area contributed by atoms with E-state index in [1.54, 1.807) is 17.0 Å². The van der Waals surface area contributed by atoms with E-state index in [1.165, 1.54) is 12.1 Å². The van der Waals surface area contributed by atoms with Crippen LogP contribution >= 0.6 is 0 Å². The number of amides is 1. The van der Waals surface area contributed by atoms with Gasteiger partial charge in [-0.15, -0.1) is 0 Å². The molecule has 0 saturated carbocycles. The molecule has 4 heteroatoms. The van der Waals surface area contributed by atoms with E-state index in [1.807, 2.05) is 6.92 Å². The lowest BCUT2D eigenvalue weighted by Gasteiger charge is -2.26. The van der Waals surface area contributed by atoms with Crippen LogP contribution in [0.25, 0.3) is 0 Å². The summed E-state index contributed by atoms with van der Waals surface area (Å²) in [6.45, 7) is 8.77. The Labute approximate surface area is 121 Å². The molecule has 0 radical (unpaired) electrons. The van der Waals surface area contributed by atoms with Crippen molar-refractivity contribution in [3.63, 3.8) is 0 Å². The highest BCUT2D eigenvalue weighted by Crippen LogP contribution is 2.22. The highest BCUT2D eigenvalue weighted by Gasteiger charge is 2.21. The minimum absolute atomic E-state index is 0.0177. The zero-order valence-electron chi connectivity index (χ0n) is 12.8. The van der Waals surface area contributed by atoms with E-state index >= 15 is 0 Å². The lowest BCUT2D eigenvalue weighted by atomic mass is 9.87. The largest absolute Gasteiger partial charge is 0.327 e. The summed E-state index contributed by atoms with van der Waals surface area (Å²) >= 11 is 0. The van der Waals surface area contributed by atoms with Crippen molar-refractivity contribution in [1.29, 1.82) is 0 Å². The first-order chi connectivity index (χ1) is 9.23. The molecule has 1 atom stereocenters. The number of rotatable bonds is 5. The van der Waals surface area contributed by atoms with Crippen molar-refractivity contribution in [2.45, 2.75) is 46.6 Å². The van der Waals surface area contributed by atoms with Gasteiger partial charge in [-0.3, -0.25) is 4.79 Å². The number of hydrogen-bond donors (Lipinski definition) is 1. The van der Waals surface area contributed by atoms with Crippen LogP contribution in [0, 0.1) is 11.2 Å². The average Bonchev–Trinajstić information content (AvgIpc) is 2.29. The molecular formula is C16H25FN2O. The van der Waals surface area contributed by atoms with Crippen LogP contribution in [0.1, 0.15) is 40.5 Å². The zero-order valence-corrected chi connectivity index (χ0v) is 12.8. The fourth-order valence-corrected chi connectivity index (χ4v) is 2.32. The van der Waals surface area contributed by atoms with Gasteiger partial charge in [0.05, 0.1) is 0 Å². The molecule has 0 fully saturated rings. The first kappa shape index (κ1) is 16.6. The number of benzene rings is 1. The van der Waals surface area contributed by atoms with Gasteiger partial charge in [0.25, 0.3) is 0 Å². The van der Waals surface area contributed by atoms with Gasteiger partial charge in [0.15, 0.2) is 0 Å². The number of halogens is 1. The van der Waals surface area contributed by atoms with Gasteiger partial charge in [-0.2, -0.15) is 0 Å². The molecule has 0 aliphatic carbocycles. The quantitative estimate of drug-likeness (QED) is 0.899. The van der Waals surface area contributed by atoms with Crippen LogP contribution in [0.3, 0.4) is 0 Å². The zero-order chi connectivity index (χ0) is 15.3. The van der Waals surface area contributed by atoms with E-state index in [9.17, 15) is 9.18 Å². The van der Waals surface area contributed by atoms with Crippen molar-refractivity contribution in [2.24, 2.45) is 11.1 Å². The second kappa shape index (κ2) is 6.84. The molecule has 1 amide bonds. The molecule has 0 aromatic heterocycles. The van der Waals surface area contributed by atoms with Crippen molar-refractivity contribution < 1.29 is 9.18 Å². The van der Waals surface area contributed by atoms with Gasteiger partial charge in [-0.1, -0.05) is 20.8 Å². The van der Waals surface area contributed by atoms with E-state index in [-0.39, 0.29) is 23.2 Å². The topological polar surface area (TPSA) is 46.3 Å². The van der Waals surface area contributed by atoms with Crippen LogP contribution < -0.4 is 10.6 Å². The SMILES string of the molecule is CCN(C(=O)CC(N)CC(C)(C)C)c1ccc(F)cc1. The predicted molar refractivity (Wildman–Crippen MR) is 81.1 cm³/mol. The molecule has 0 aliphatic rings. The maximum Gasteiger partial charge on any atom is 0.228 e. The lowest BCUT2D eigenvalue weighted by Crippen LogP contribution is -2.37. The van der Waals surface area contributed by atoms with Gasteiger partial charge < -0.3 is 10.6 Å². The molecule has 3 nitrogen and oxygen atoms in total. The van der Waals surface area contributed by atoms with Crippen molar-refractivity contribution in [2.75, 3.05) is 11.4 Å². The molecule has 2 N–H and O–H groups in total. The smallest absolute Gasteiger partial charge is 0.228 e. The van der Waals surface area contributed by atoms with E-state index < -0.39 is 0 Å². The number of carbonyl (C=O) groups excluding carboxylic acids is 1. The van der Waals surface area contributed by atoms with Gasteiger partial charge in [-0.05, 0) is 43.0 Å².